The van der Waals surface area contributed by atoms with Crippen LogP contribution in [0.2, 0.25) is 0 Å². The summed E-state index contributed by atoms with van der Waals surface area (Å²) in [5, 5.41) is 0. The second-order valence-electron chi connectivity index (χ2n) is 2.13. The van der Waals surface area contributed by atoms with Gasteiger partial charge in [0, 0.05) is 17.8 Å². The summed E-state index contributed by atoms with van der Waals surface area (Å²) in [6.45, 7) is 0. The second kappa shape index (κ2) is 3.61. The van der Waals surface area contributed by atoms with Gasteiger partial charge in [-0.3, -0.25) is 9.78 Å². The number of amides is 1. The van der Waals surface area contributed by atoms with E-state index in [1.54, 1.807) is 0 Å². The lowest BCUT2D eigenvalue weighted by atomic mass is 10.2. The third kappa shape index (κ3) is 2.16. The average Bonchev–Trinajstić information content (AvgIpc) is 2.03. The molecule has 12 heavy (non-hydrogen) atoms. The van der Waals surface area contributed by atoms with Crippen molar-refractivity contribution < 1.29 is 9.18 Å². The number of aromatic nitrogens is 1. The highest BCUT2D eigenvalue weighted by molar-refractivity contribution is 5.90. The minimum atomic E-state index is -0.605. The Bertz CT molecular complexity index is 323. The fourth-order valence-corrected chi connectivity index (χ4v) is 0.693. The fraction of sp³-hybridized carbons (Fsp3) is 0. The number of halogens is 1. The molecule has 0 radical (unpaired) electrons. The lowest BCUT2D eigenvalue weighted by Gasteiger charge is -1.92. The van der Waals surface area contributed by atoms with E-state index < -0.39 is 11.7 Å². The van der Waals surface area contributed by atoms with Crippen molar-refractivity contribution in [2.75, 3.05) is 0 Å². The predicted molar refractivity (Wildman–Crippen MR) is 42.4 cm³/mol. The van der Waals surface area contributed by atoms with Gasteiger partial charge in [-0.05, 0) is 12.1 Å². The predicted octanol–water partition coefficient (Wildman–Crippen LogP) is 0.719. The zero-order chi connectivity index (χ0) is 8.97. The van der Waals surface area contributed by atoms with Crippen LogP contribution in [0.5, 0.6) is 0 Å². The Hall–Kier alpha value is -1.71. The zero-order valence-corrected chi connectivity index (χ0v) is 6.20. The Kier molecular flexibility index (Phi) is 2.53. The standard InChI is InChI=1S/C8H7FN2O/c9-7-5-11-4-3-6(7)1-2-8(10)12/h1-5H,(H2,10,12). The van der Waals surface area contributed by atoms with Crippen LogP contribution >= 0.6 is 0 Å². The number of nitrogens with zero attached hydrogens (tertiary/aromatic N) is 1. The summed E-state index contributed by atoms with van der Waals surface area (Å²) in [4.78, 5) is 13.8. The number of rotatable bonds is 2. The minimum absolute atomic E-state index is 0.295. The van der Waals surface area contributed by atoms with Crippen LogP contribution in [-0.4, -0.2) is 10.9 Å². The van der Waals surface area contributed by atoms with Crippen molar-refractivity contribution in [1.82, 2.24) is 4.98 Å². The van der Waals surface area contributed by atoms with Gasteiger partial charge in [-0.15, -0.1) is 0 Å². The van der Waals surface area contributed by atoms with Crippen LogP contribution in [0.1, 0.15) is 5.56 Å². The van der Waals surface area contributed by atoms with Crippen LogP contribution in [0.4, 0.5) is 4.39 Å². The van der Waals surface area contributed by atoms with Crippen LogP contribution in [0, 0.1) is 5.82 Å². The first kappa shape index (κ1) is 8.39. The second-order valence-corrected chi connectivity index (χ2v) is 2.13. The van der Waals surface area contributed by atoms with Crippen LogP contribution in [0.15, 0.2) is 24.5 Å². The van der Waals surface area contributed by atoms with Crippen molar-refractivity contribution in [3.05, 3.63) is 35.9 Å². The molecule has 0 aliphatic carbocycles. The Balaban J connectivity index is 2.89. The highest BCUT2D eigenvalue weighted by Gasteiger charge is 1.95. The zero-order valence-electron chi connectivity index (χ0n) is 6.20. The molecule has 0 aliphatic heterocycles. The summed E-state index contributed by atoms with van der Waals surface area (Å²) in [5.74, 6) is -1.08. The van der Waals surface area contributed by atoms with E-state index in [0.29, 0.717) is 5.56 Å². The van der Waals surface area contributed by atoms with Crippen LogP contribution in [0.3, 0.4) is 0 Å². The van der Waals surface area contributed by atoms with Gasteiger partial charge in [-0.25, -0.2) is 4.39 Å². The van der Waals surface area contributed by atoms with Gasteiger partial charge in [0.2, 0.25) is 5.91 Å². The largest absolute Gasteiger partial charge is 0.366 e. The molecule has 1 rings (SSSR count). The molecule has 0 spiro atoms. The quantitative estimate of drug-likeness (QED) is 0.658. The summed E-state index contributed by atoms with van der Waals surface area (Å²) in [6.07, 6.45) is 4.90. The molecule has 3 nitrogen and oxygen atoms in total. The minimum Gasteiger partial charge on any atom is -0.366 e. The van der Waals surface area contributed by atoms with Gasteiger partial charge in [0.25, 0.3) is 0 Å². The molecule has 0 bridgehead atoms. The molecule has 0 saturated heterocycles. The topological polar surface area (TPSA) is 56.0 Å². The van der Waals surface area contributed by atoms with Crippen molar-refractivity contribution in [2.45, 2.75) is 0 Å². The van der Waals surface area contributed by atoms with E-state index in [-0.39, 0.29) is 0 Å². The molecule has 0 aliphatic rings. The number of nitrogens with two attached hydrogens (primary N) is 1. The molecule has 0 atom stereocenters. The van der Waals surface area contributed by atoms with Crippen molar-refractivity contribution in [1.29, 1.82) is 0 Å². The molecule has 0 fully saturated rings. The van der Waals surface area contributed by atoms with Gasteiger partial charge in [-0.1, -0.05) is 0 Å². The number of carbonyl (C=O) groups excluding carboxylic acids is 1. The first-order valence-corrected chi connectivity index (χ1v) is 3.27. The molecule has 4 heteroatoms. The van der Waals surface area contributed by atoms with Crippen LogP contribution < -0.4 is 5.73 Å². The number of hydrogen-bond donors (Lipinski definition) is 1. The maximum atomic E-state index is 12.8. The van der Waals surface area contributed by atoms with E-state index >= 15 is 0 Å². The maximum absolute atomic E-state index is 12.8. The first-order chi connectivity index (χ1) is 5.70. The number of pyridine rings is 1. The van der Waals surface area contributed by atoms with Gasteiger partial charge in [0.1, 0.15) is 5.82 Å². The van der Waals surface area contributed by atoms with E-state index in [1.807, 2.05) is 0 Å². The Morgan fingerprint density at radius 3 is 3.00 bits per heavy atom. The van der Waals surface area contributed by atoms with Gasteiger partial charge in [-0.2, -0.15) is 0 Å². The number of carbonyl (C=O) groups is 1. The summed E-state index contributed by atoms with van der Waals surface area (Å²) >= 11 is 0. The average molecular weight is 166 g/mol. The third-order valence-corrected chi connectivity index (χ3v) is 1.23. The molecular weight excluding hydrogens is 159 g/mol. The third-order valence-electron chi connectivity index (χ3n) is 1.23. The molecule has 62 valence electrons. The van der Waals surface area contributed by atoms with Gasteiger partial charge in [0.15, 0.2) is 0 Å². The monoisotopic (exact) mass is 166 g/mol. The van der Waals surface area contributed by atoms with E-state index in [9.17, 15) is 9.18 Å². The lowest BCUT2D eigenvalue weighted by Crippen LogP contribution is -2.05. The molecule has 1 aromatic heterocycles. The van der Waals surface area contributed by atoms with Crippen molar-refractivity contribution in [3.63, 3.8) is 0 Å². The van der Waals surface area contributed by atoms with Crippen LogP contribution in [0.25, 0.3) is 6.08 Å². The SMILES string of the molecule is NC(=O)C=Cc1ccncc1F. The lowest BCUT2D eigenvalue weighted by molar-refractivity contribution is -0.113. The first-order valence-electron chi connectivity index (χ1n) is 3.27. The normalized spacial score (nSPS) is 10.4. The summed E-state index contributed by atoms with van der Waals surface area (Å²) < 4.78 is 12.8. The van der Waals surface area contributed by atoms with E-state index in [1.165, 1.54) is 18.3 Å². The Morgan fingerprint density at radius 2 is 2.42 bits per heavy atom. The molecule has 0 unspecified atom stereocenters. The summed E-state index contributed by atoms with van der Waals surface area (Å²) in [5.41, 5.74) is 5.12. The maximum Gasteiger partial charge on any atom is 0.241 e. The number of primary amides is 1. The Morgan fingerprint density at radius 1 is 1.67 bits per heavy atom. The van der Waals surface area contributed by atoms with Crippen molar-refractivity contribution >= 4 is 12.0 Å². The summed E-state index contributed by atoms with van der Waals surface area (Å²) in [6, 6.07) is 1.45. The van der Waals surface area contributed by atoms with Gasteiger partial charge >= 0.3 is 0 Å². The molecule has 1 aromatic rings. The van der Waals surface area contributed by atoms with E-state index in [2.05, 4.69) is 4.98 Å². The highest BCUT2D eigenvalue weighted by Crippen LogP contribution is 2.05. The Labute approximate surface area is 68.7 Å². The molecule has 1 amide bonds. The van der Waals surface area contributed by atoms with E-state index in [4.69, 9.17) is 5.73 Å². The highest BCUT2D eigenvalue weighted by atomic mass is 19.1. The molecular formula is C8H7FN2O. The molecule has 0 aromatic carbocycles. The van der Waals surface area contributed by atoms with Crippen LogP contribution in [-0.2, 0) is 4.79 Å². The van der Waals surface area contributed by atoms with E-state index in [0.717, 1.165) is 12.3 Å². The molecule has 0 saturated carbocycles. The summed E-state index contributed by atoms with van der Waals surface area (Å²) in [7, 11) is 0. The van der Waals surface area contributed by atoms with Crippen molar-refractivity contribution in [3.8, 4) is 0 Å². The number of hydrogen-bond acceptors (Lipinski definition) is 2. The molecule has 2 N–H and O–H groups in total. The smallest absolute Gasteiger partial charge is 0.241 e. The van der Waals surface area contributed by atoms with Crippen molar-refractivity contribution in [2.24, 2.45) is 5.73 Å². The van der Waals surface area contributed by atoms with Gasteiger partial charge < -0.3 is 5.73 Å². The van der Waals surface area contributed by atoms with Gasteiger partial charge in [0.05, 0.1) is 6.20 Å². The fourth-order valence-electron chi connectivity index (χ4n) is 0.693. The molecule has 1 heterocycles.